The van der Waals surface area contributed by atoms with Gasteiger partial charge in [0.05, 0.1) is 5.56 Å². The van der Waals surface area contributed by atoms with Crippen molar-refractivity contribution in [3.8, 4) is 0 Å². The molecule has 0 fully saturated rings. The fourth-order valence-corrected chi connectivity index (χ4v) is 2.00. The second-order valence-corrected chi connectivity index (χ2v) is 5.14. The summed E-state index contributed by atoms with van der Waals surface area (Å²) < 4.78 is 1.02. The van der Waals surface area contributed by atoms with Crippen molar-refractivity contribution < 1.29 is 4.79 Å². The fraction of sp³-hybridized carbons (Fsp3) is 0.143. The Morgan fingerprint density at radius 2 is 2.00 bits per heavy atom. The van der Waals surface area contributed by atoms with Gasteiger partial charge in [0.2, 0.25) is 0 Å². The number of nitrogens with two attached hydrogens (primary N) is 1. The Morgan fingerprint density at radius 3 is 2.63 bits per heavy atom. The van der Waals surface area contributed by atoms with Crippen molar-refractivity contribution in [2.45, 2.75) is 6.54 Å². The van der Waals surface area contributed by atoms with Gasteiger partial charge in [-0.3, -0.25) is 4.79 Å². The first-order chi connectivity index (χ1) is 9.08. The maximum absolute atomic E-state index is 12.2. The average molecular weight is 320 g/mol. The molecule has 0 aliphatic rings. The van der Waals surface area contributed by atoms with Crippen LogP contribution in [-0.4, -0.2) is 22.8 Å². The van der Waals surface area contributed by atoms with Crippen LogP contribution >= 0.6 is 15.9 Å². The number of pyridine rings is 1. The van der Waals surface area contributed by atoms with Crippen molar-refractivity contribution >= 4 is 27.7 Å². The van der Waals surface area contributed by atoms with Crippen molar-refractivity contribution in [2.75, 3.05) is 12.8 Å². The predicted molar refractivity (Wildman–Crippen MR) is 78.6 cm³/mol. The van der Waals surface area contributed by atoms with E-state index in [1.165, 1.54) is 0 Å². The van der Waals surface area contributed by atoms with Crippen LogP contribution in [0, 0.1) is 0 Å². The van der Waals surface area contributed by atoms with Gasteiger partial charge in [0.15, 0.2) is 0 Å². The monoisotopic (exact) mass is 319 g/mol. The van der Waals surface area contributed by atoms with Crippen LogP contribution in [0.4, 0.5) is 5.82 Å². The molecule has 5 heteroatoms. The molecule has 0 aliphatic carbocycles. The zero-order chi connectivity index (χ0) is 13.8. The van der Waals surface area contributed by atoms with Gasteiger partial charge in [-0.25, -0.2) is 4.98 Å². The molecule has 2 aromatic rings. The fourth-order valence-electron chi connectivity index (χ4n) is 1.74. The van der Waals surface area contributed by atoms with Crippen molar-refractivity contribution in [1.29, 1.82) is 0 Å². The summed E-state index contributed by atoms with van der Waals surface area (Å²) in [6.07, 6.45) is 1.57. The lowest BCUT2D eigenvalue weighted by atomic mass is 10.2. The zero-order valence-electron chi connectivity index (χ0n) is 10.5. The second kappa shape index (κ2) is 5.84. The summed E-state index contributed by atoms with van der Waals surface area (Å²) in [4.78, 5) is 17.8. The molecule has 0 saturated carbocycles. The van der Waals surface area contributed by atoms with Gasteiger partial charge in [-0.05, 0) is 29.8 Å². The van der Waals surface area contributed by atoms with Crippen LogP contribution in [0.3, 0.4) is 0 Å². The van der Waals surface area contributed by atoms with Gasteiger partial charge >= 0.3 is 0 Å². The van der Waals surface area contributed by atoms with Crippen LogP contribution in [0.5, 0.6) is 0 Å². The third kappa shape index (κ3) is 3.32. The number of hydrogen-bond donors (Lipinski definition) is 1. The molecule has 98 valence electrons. The number of rotatable bonds is 3. The van der Waals surface area contributed by atoms with Gasteiger partial charge in [0.25, 0.3) is 5.91 Å². The summed E-state index contributed by atoms with van der Waals surface area (Å²) in [5.74, 6) is 0.128. The summed E-state index contributed by atoms with van der Waals surface area (Å²) in [5, 5.41) is 0. The third-order valence-corrected chi connectivity index (χ3v) is 3.28. The molecular formula is C14H14BrN3O. The molecule has 1 aromatic carbocycles. The van der Waals surface area contributed by atoms with Gasteiger partial charge in [-0.1, -0.05) is 28.1 Å². The first-order valence-electron chi connectivity index (χ1n) is 5.78. The lowest BCUT2D eigenvalue weighted by Crippen LogP contribution is -2.27. The summed E-state index contributed by atoms with van der Waals surface area (Å²) >= 11 is 3.38. The first kappa shape index (κ1) is 13.5. The number of nitrogens with zero attached hydrogens (tertiary/aromatic N) is 2. The maximum Gasteiger partial charge on any atom is 0.257 e. The number of halogens is 1. The number of carbonyl (C=O) groups is 1. The topological polar surface area (TPSA) is 59.2 Å². The number of amides is 1. The lowest BCUT2D eigenvalue weighted by Gasteiger charge is -2.18. The first-order valence-corrected chi connectivity index (χ1v) is 6.57. The number of anilines is 1. The molecule has 0 atom stereocenters. The van der Waals surface area contributed by atoms with E-state index in [9.17, 15) is 4.79 Å². The molecule has 0 spiro atoms. The standard InChI is InChI=1S/C14H14BrN3O/c1-18(9-10-4-6-11(15)7-5-10)14(19)12-3-2-8-17-13(12)16/h2-8H,9H2,1H3,(H2,16,17). The van der Waals surface area contributed by atoms with Gasteiger partial charge in [0, 0.05) is 24.3 Å². The highest BCUT2D eigenvalue weighted by Gasteiger charge is 2.15. The van der Waals surface area contributed by atoms with Crippen molar-refractivity contribution in [1.82, 2.24) is 9.88 Å². The van der Waals surface area contributed by atoms with Crippen LogP contribution in [0.25, 0.3) is 0 Å². The lowest BCUT2D eigenvalue weighted by molar-refractivity contribution is 0.0786. The van der Waals surface area contributed by atoms with E-state index >= 15 is 0 Å². The Hall–Kier alpha value is -1.88. The molecule has 0 unspecified atom stereocenters. The van der Waals surface area contributed by atoms with Gasteiger partial charge in [0.1, 0.15) is 5.82 Å². The Labute approximate surface area is 120 Å². The van der Waals surface area contributed by atoms with E-state index in [4.69, 9.17) is 5.73 Å². The number of aromatic nitrogens is 1. The van der Waals surface area contributed by atoms with E-state index in [1.807, 2.05) is 24.3 Å². The van der Waals surface area contributed by atoms with E-state index in [2.05, 4.69) is 20.9 Å². The molecule has 4 nitrogen and oxygen atoms in total. The quantitative estimate of drug-likeness (QED) is 0.946. The second-order valence-electron chi connectivity index (χ2n) is 4.22. The minimum atomic E-state index is -0.131. The molecule has 1 aromatic heterocycles. The van der Waals surface area contributed by atoms with Crippen molar-refractivity contribution in [2.24, 2.45) is 0 Å². The van der Waals surface area contributed by atoms with Gasteiger partial charge < -0.3 is 10.6 Å². The Morgan fingerprint density at radius 1 is 1.32 bits per heavy atom. The van der Waals surface area contributed by atoms with Gasteiger partial charge in [-0.15, -0.1) is 0 Å². The molecule has 1 amide bonds. The minimum absolute atomic E-state index is 0.131. The molecule has 19 heavy (non-hydrogen) atoms. The van der Waals surface area contributed by atoms with E-state index in [-0.39, 0.29) is 11.7 Å². The third-order valence-electron chi connectivity index (χ3n) is 2.75. The molecule has 0 aliphatic heterocycles. The zero-order valence-corrected chi connectivity index (χ0v) is 12.1. The largest absolute Gasteiger partial charge is 0.383 e. The SMILES string of the molecule is CN(Cc1ccc(Br)cc1)C(=O)c1cccnc1N. The Kier molecular flexibility index (Phi) is 4.16. The van der Waals surface area contributed by atoms with Crippen LogP contribution in [0.15, 0.2) is 47.1 Å². The van der Waals surface area contributed by atoms with E-state index in [0.717, 1.165) is 10.0 Å². The summed E-state index contributed by atoms with van der Waals surface area (Å²) in [7, 11) is 1.75. The molecular weight excluding hydrogens is 306 g/mol. The van der Waals surface area contributed by atoms with Gasteiger partial charge in [-0.2, -0.15) is 0 Å². The summed E-state index contributed by atoms with van der Waals surface area (Å²) in [6.45, 7) is 0.528. The Balaban J connectivity index is 2.12. The average Bonchev–Trinajstić information content (AvgIpc) is 2.41. The predicted octanol–water partition coefficient (Wildman–Crippen LogP) is 2.70. The maximum atomic E-state index is 12.2. The summed E-state index contributed by atoms with van der Waals surface area (Å²) in [6, 6.07) is 11.2. The molecule has 2 N–H and O–H groups in total. The molecule has 1 heterocycles. The highest BCUT2D eigenvalue weighted by atomic mass is 79.9. The van der Waals surface area contributed by atoms with Crippen LogP contribution in [0.1, 0.15) is 15.9 Å². The molecule has 2 rings (SSSR count). The Bertz CT molecular complexity index is 583. The number of hydrogen-bond acceptors (Lipinski definition) is 3. The van der Waals surface area contributed by atoms with E-state index < -0.39 is 0 Å². The van der Waals surface area contributed by atoms with Crippen LogP contribution in [-0.2, 0) is 6.54 Å². The highest BCUT2D eigenvalue weighted by Crippen LogP contribution is 2.14. The number of carbonyl (C=O) groups excluding carboxylic acids is 1. The van der Waals surface area contributed by atoms with E-state index in [1.54, 1.807) is 30.3 Å². The number of benzene rings is 1. The summed E-state index contributed by atoms with van der Waals surface area (Å²) in [5.41, 5.74) is 7.20. The highest BCUT2D eigenvalue weighted by molar-refractivity contribution is 9.10. The smallest absolute Gasteiger partial charge is 0.257 e. The molecule has 0 saturated heterocycles. The molecule has 0 bridgehead atoms. The number of nitrogen functional groups attached to an aromatic ring is 1. The normalized spacial score (nSPS) is 10.2. The van der Waals surface area contributed by atoms with Crippen LogP contribution in [0.2, 0.25) is 0 Å². The minimum Gasteiger partial charge on any atom is -0.383 e. The van der Waals surface area contributed by atoms with Crippen LogP contribution < -0.4 is 5.73 Å². The van der Waals surface area contributed by atoms with Crippen molar-refractivity contribution in [3.63, 3.8) is 0 Å². The molecule has 0 radical (unpaired) electrons. The van der Waals surface area contributed by atoms with Crippen molar-refractivity contribution in [3.05, 3.63) is 58.2 Å². The van der Waals surface area contributed by atoms with E-state index in [0.29, 0.717) is 12.1 Å².